The van der Waals surface area contributed by atoms with Gasteiger partial charge in [-0.1, -0.05) is 12.1 Å². The molecule has 0 heterocycles. The Balaban J connectivity index is 2.14. The highest BCUT2D eigenvalue weighted by Gasteiger charge is 2.36. The van der Waals surface area contributed by atoms with Crippen LogP contribution in [0.2, 0.25) is 0 Å². The molecule has 64 valence electrons. The molecule has 2 rings (SSSR count). The summed E-state index contributed by atoms with van der Waals surface area (Å²) in [5.74, 6) is 1.60. The van der Waals surface area contributed by atoms with Crippen LogP contribution in [0.5, 0.6) is 5.75 Å². The van der Waals surface area contributed by atoms with Gasteiger partial charge in [0.1, 0.15) is 5.75 Å². The molecule has 1 aromatic carbocycles. The molecule has 0 aliphatic heterocycles. The molecule has 1 fully saturated rings. The van der Waals surface area contributed by atoms with Gasteiger partial charge in [-0.15, -0.1) is 0 Å². The van der Waals surface area contributed by atoms with Crippen molar-refractivity contribution in [2.45, 2.75) is 12.3 Å². The van der Waals surface area contributed by atoms with E-state index in [1.54, 1.807) is 6.07 Å². The number of aromatic hydroxyl groups is 1. The number of hydrogen-bond acceptors (Lipinski definition) is 2. The Hall–Kier alpha value is -1.02. The second-order valence-electron chi connectivity index (χ2n) is 3.43. The van der Waals surface area contributed by atoms with Crippen molar-refractivity contribution in [1.29, 1.82) is 0 Å². The Morgan fingerprint density at radius 1 is 1.50 bits per heavy atom. The molecule has 2 atom stereocenters. The number of phenols is 1. The maximum Gasteiger partial charge on any atom is 0.115 e. The summed E-state index contributed by atoms with van der Waals surface area (Å²) >= 11 is 0. The molecule has 2 nitrogen and oxygen atoms in total. The Morgan fingerprint density at radius 3 is 2.92 bits per heavy atom. The van der Waals surface area contributed by atoms with Crippen LogP contribution in [0.25, 0.3) is 0 Å². The third-order valence-corrected chi connectivity index (χ3v) is 2.52. The van der Waals surface area contributed by atoms with Crippen molar-refractivity contribution in [2.75, 3.05) is 6.54 Å². The largest absolute Gasteiger partial charge is 0.508 e. The standard InChI is InChI=1S/C10H13NO/c11-6-8-5-10(8)7-2-1-3-9(12)4-7/h1-4,8,10,12H,5-6,11H2/t8-,10-/m1/s1. The minimum absolute atomic E-state index is 0.357. The van der Waals surface area contributed by atoms with Gasteiger partial charge >= 0.3 is 0 Å². The van der Waals surface area contributed by atoms with E-state index in [0.29, 0.717) is 17.6 Å². The van der Waals surface area contributed by atoms with Crippen molar-refractivity contribution < 1.29 is 5.11 Å². The van der Waals surface area contributed by atoms with Crippen LogP contribution >= 0.6 is 0 Å². The Bertz CT molecular complexity index is 285. The van der Waals surface area contributed by atoms with Crippen LogP contribution < -0.4 is 5.73 Å². The summed E-state index contributed by atoms with van der Waals surface area (Å²) in [5, 5.41) is 9.22. The summed E-state index contributed by atoms with van der Waals surface area (Å²) in [4.78, 5) is 0. The van der Waals surface area contributed by atoms with Gasteiger partial charge in [-0.25, -0.2) is 0 Å². The summed E-state index contributed by atoms with van der Waals surface area (Å²) in [5.41, 5.74) is 6.76. The quantitative estimate of drug-likeness (QED) is 0.693. The van der Waals surface area contributed by atoms with E-state index >= 15 is 0 Å². The average molecular weight is 163 g/mol. The third kappa shape index (κ3) is 1.30. The van der Waals surface area contributed by atoms with E-state index in [1.165, 1.54) is 12.0 Å². The smallest absolute Gasteiger partial charge is 0.115 e. The first kappa shape index (κ1) is 7.62. The number of rotatable bonds is 2. The van der Waals surface area contributed by atoms with Crippen molar-refractivity contribution in [3.63, 3.8) is 0 Å². The van der Waals surface area contributed by atoms with E-state index in [9.17, 15) is 5.11 Å². The lowest BCUT2D eigenvalue weighted by molar-refractivity contribution is 0.474. The van der Waals surface area contributed by atoms with E-state index in [2.05, 4.69) is 6.07 Å². The minimum atomic E-state index is 0.357. The molecule has 0 aromatic heterocycles. The molecule has 1 aromatic rings. The highest BCUT2D eigenvalue weighted by molar-refractivity contribution is 5.33. The Labute approximate surface area is 72.0 Å². The molecule has 0 spiro atoms. The third-order valence-electron chi connectivity index (χ3n) is 2.52. The van der Waals surface area contributed by atoms with Gasteiger partial charge in [0.25, 0.3) is 0 Å². The monoisotopic (exact) mass is 163 g/mol. The van der Waals surface area contributed by atoms with Crippen molar-refractivity contribution in [1.82, 2.24) is 0 Å². The summed E-state index contributed by atoms with van der Waals surface area (Å²) in [7, 11) is 0. The maximum absolute atomic E-state index is 9.22. The van der Waals surface area contributed by atoms with E-state index in [1.807, 2.05) is 12.1 Å². The molecule has 1 aliphatic rings. The van der Waals surface area contributed by atoms with Gasteiger partial charge in [0.05, 0.1) is 0 Å². The molecule has 1 aliphatic carbocycles. The Kier molecular flexibility index (Phi) is 1.77. The van der Waals surface area contributed by atoms with E-state index in [0.717, 1.165) is 6.54 Å². The number of nitrogens with two attached hydrogens (primary N) is 1. The first-order valence-corrected chi connectivity index (χ1v) is 4.30. The fraction of sp³-hybridized carbons (Fsp3) is 0.400. The topological polar surface area (TPSA) is 46.2 Å². The summed E-state index contributed by atoms with van der Waals surface area (Å²) in [6.07, 6.45) is 1.18. The Morgan fingerprint density at radius 2 is 2.33 bits per heavy atom. The average Bonchev–Trinajstić information content (AvgIpc) is 2.83. The molecule has 2 heteroatoms. The zero-order chi connectivity index (χ0) is 8.55. The molecule has 0 unspecified atom stereocenters. The van der Waals surface area contributed by atoms with Gasteiger partial charge in [0.2, 0.25) is 0 Å². The predicted molar refractivity (Wildman–Crippen MR) is 48.0 cm³/mol. The molecule has 0 saturated heterocycles. The van der Waals surface area contributed by atoms with E-state index < -0.39 is 0 Å². The SMILES string of the molecule is NC[C@H]1C[C@@H]1c1cccc(O)c1. The van der Waals surface area contributed by atoms with Crippen molar-refractivity contribution >= 4 is 0 Å². The normalized spacial score (nSPS) is 27.1. The fourth-order valence-electron chi connectivity index (χ4n) is 1.67. The first-order valence-electron chi connectivity index (χ1n) is 4.30. The predicted octanol–water partition coefficient (Wildman–Crippen LogP) is 1.45. The van der Waals surface area contributed by atoms with Gasteiger partial charge in [0, 0.05) is 0 Å². The maximum atomic E-state index is 9.22. The highest BCUT2D eigenvalue weighted by atomic mass is 16.3. The summed E-state index contributed by atoms with van der Waals surface area (Å²) < 4.78 is 0. The van der Waals surface area contributed by atoms with Gasteiger partial charge in [-0.3, -0.25) is 0 Å². The lowest BCUT2D eigenvalue weighted by Crippen LogP contribution is -2.01. The van der Waals surface area contributed by atoms with Gasteiger partial charge < -0.3 is 10.8 Å². The highest BCUT2D eigenvalue weighted by Crippen LogP contribution is 2.47. The van der Waals surface area contributed by atoms with Crippen LogP contribution in [0.4, 0.5) is 0 Å². The van der Waals surface area contributed by atoms with Crippen molar-refractivity contribution in [3.05, 3.63) is 29.8 Å². The molecular weight excluding hydrogens is 150 g/mol. The van der Waals surface area contributed by atoms with E-state index in [-0.39, 0.29) is 0 Å². The van der Waals surface area contributed by atoms with E-state index in [4.69, 9.17) is 5.73 Å². The lowest BCUT2D eigenvalue weighted by Gasteiger charge is -1.99. The van der Waals surface area contributed by atoms with Crippen LogP contribution in [-0.2, 0) is 0 Å². The molecule has 0 radical (unpaired) electrons. The number of hydrogen-bond donors (Lipinski definition) is 2. The van der Waals surface area contributed by atoms with Crippen LogP contribution in [-0.4, -0.2) is 11.7 Å². The molecule has 12 heavy (non-hydrogen) atoms. The summed E-state index contributed by atoms with van der Waals surface area (Å²) in [6, 6.07) is 7.47. The van der Waals surface area contributed by atoms with Crippen LogP contribution in [0, 0.1) is 5.92 Å². The van der Waals surface area contributed by atoms with Crippen molar-refractivity contribution in [3.8, 4) is 5.75 Å². The minimum Gasteiger partial charge on any atom is -0.508 e. The molecular formula is C10H13NO. The molecule has 1 saturated carbocycles. The number of phenolic OH excluding ortho intramolecular Hbond substituents is 1. The second kappa shape index (κ2) is 2.79. The van der Waals surface area contributed by atoms with Crippen LogP contribution in [0.3, 0.4) is 0 Å². The summed E-state index contributed by atoms with van der Waals surface area (Å²) in [6.45, 7) is 0.764. The molecule has 0 amide bonds. The van der Waals surface area contributed by atoms with Gasteiger partial charge in [0.15, 0.2) is 0 Å². The van der Waals surface area contributed by atoms with Gasteiger partial charge in [-0.05, 0) is 42.5 Å². The number of benzene rings is 1. The zero-order valence-electron chi connectivity index (χ0n) is 6.90. The molecule has 3 N–H and O–H groups in total. The first-order chi connectivity index (χ1) is 5.81. The van der Waals surface area contributed by atoms with Crippen LogP contribution in [0.1, 0.15) is 17.9 Å². The van der Waals surface area contributed by atoms with Crippen LogP contribution in [0.15, 0.2) is 24.3 Å². The molecule has 0 bridgehead atoms. The fourth-order valence-corrected chi connectivity index (χ4v) is 1.67. The van der Waals surface area contributed by atoms with Crippen molar-refractivity contribution in [2.24, 2.45) is 11.7 Å². The zero-order valence-corrected chi connectivity index (χ0v) is 6.90. The lowest BCUT2D eigenvalue weighted by atomic mass is 10.1. The van der Waals surface area contributed by atoms with Gasteiger partial charge in [-0.2, -0.15) is 0 Å². The second-order valence-corrected chi connectivity index (χ2v) is 3.43.